The monoisotopic (exact) mass is 280 g/mol. The molecule has 5 heteroatoms. The third kappa shape index (κ3) is 3.42. The van der Waals surface area contributed by atoms with Crippen LogP contribution < -0.4 is 16.2 Å². The van der Waals surface area contributed by atoms with Gasteiger partial charge in [0.05, 0.1) is 19.1 Å². The van der Waals surface area contributed by atoms with Crippen molar-refractivity contribution in [3.63, 3.8) is 0 Å². The lowest BCUT2D eigenvalue weighted by molar-refractivity contribution is -0.155. The summed E-state index contributed by atoms with van der Waals surface area (Å²) in [5.41, 5.74) is 12.4. The predicted molar refractivity (Wildman–Crippen MR) is 79.5 cm³/mol. The van der Waals surface area contributed by atoms with E-state index in [1.807, 2.05) is 13.0 Å². The highest BCUT2D eigenvalue weighted by Crippen LogP contribution is 2.33. The number of methoxy groups -OCH3 is 1. The molecular formula is C15H24N2O3. The molecule has 0 aliphatic heterocycles. The topological polar surface area (TPSA) is 87.6 Å². The number of nitrogen functional groups attached to an aromatic ring is 1. The van der Waals surface area contributed by atoms with Gasteiger partial charge in [-0.15, -0.1) is 0 Å². The van der Waals surface area contributed by atoms with Crippen LogP contribution in [0.15, 0.2) is 18.2 Å². The summed E-state index contributed by atoms with van der Waals surface area (Å²) < 4.78 is 10.5. The molecule has 0 saturated heterocycles. The van der Waals surface area contributed by atoms with Crippen molar-refractivity contribution < 1.29 is 14.3 Å². The number of hydrogen-bond acceptors (Lipinski definition) is 5. The average Bonchev–Trinajstić information content (AvgIpc) is 2.45. The van der Waals surface area contributed by atoms with Crippen molar-refractivity contribution in [3.05, 3.63) is 23.8 Å². The van der Waals surface area contributed by atoms with Gasteiger partial charge in [-0.25, -0.2) is 0 Å². The second-order valence-electron chi connectivity index (χ2n) is 4.81. The molecule has 5 nitrogen and oxygen atoms in total. The number of carbonyl (C=O) groups is 1. The van der Waals surface area contributed by atoms with Gasteiger partial charge in [0, 0.05) is 12.2 Å². The Kier molecular flexibility index (Phi) is 5.82. The molecule has 20 heavy (non-hydrogen) atoms. The molecule has 1 atom stereocenters. The summed E-state index contributed by atoms with van der Waals surface area (Å²) in [5, 5.41) is 0. The van der Waals surface area contributed by atoms with Gasteiger partial charge in [0.2, 0.25) is 0 Å². The van der Waals surface area contributed by atoms with E-state index in [0.29, 0.717) is 30.9 Å². The van der Waals surface area contributed by atoms with E-state index in [-0.39, 0.29) is 12.5 Å². The smallest absolute Gasteiger partial charge is 0.313 e. The Bertz CT molecular complexity index is 456. The summed E-state index contributed by atoms with van der Waals surface area (Å²) in [7, 11) is 1.59. The molecule has 0 fully saturated rings. The molecule has 1 aromatic rings. The van der Waals surface area contributed by atoms with E-state index in [9.17, 15) is 4.79 Å². The number of nitrogens with two attached hydrogens (primary N) is 2. The Morgan fingerprint density at radius 3 is 2.55 bits per heavy atom. The van der Waals surface area contributed by atoms with E-state index in [2.05, 4.69) is 0 Å². The van der Waals surface area contributed by atoms with Gasteiger partial charge in [0.25, 0.3) is 0 Å². The molecule has 0 amide bonds. The van der Waals surface area contributed by atoms with Crippen LogP contribution in [0.3, 0.4) is 0 Å². The van der Waals surface area contributed by atoms with Gasteiger partial charge in [-0.3, -0.25) is 4.79 Å². The van der Waals surface area contributed by atoms with E-state index in [4.69, 9.17) is 20.9 Å². The Morgan fingerprint density at radius 1 is 1.35 bits per heavy atom. The standard InChI is InChI=1S/C15H24N2O3/c1-4-15(10-16,14(18)20-5-2)9-11-8-12(17)6-7-13(11)19-3/h6-8H,4-5,9-10,16-17H2,1-3H3. The van der Waals surface area contributed by atoms with Crippen LogP contribution in [0.5, 0.6) is 5.75 Å². The fraction of sp³-hybridized carbons (Fsp3) is 0.533. The van der Waals surface area contributed by atoms with E-state index < -0.39 is 5.41 Å². The van der Waals surface area contributed by atoms with Crippen molar-refractivity contribution in [2.24, 2.45) is 11.1 Å². The summed E-state index contributed by atoms with van der Waals surface area (Å²) in [4.78, 5) is 12.2. The number of rotatable bonds is 7. The van der Waals surface area contributed by atoms with Crippen molar-refractivity contribution in [1.82, 2.24) is 0 Å². The van der Waals surface area contributed by atoms with Crippen LogP contribution >= 0.6 is 0 Å². The first kappa shape index (κ1) is 16.3. The molecule has 0 heterocycles. The van der Waals surface area contributed by atoms with E-state index in [0.717, 1.165) is 5.56 Å². The number of esters is 1. The van der Waals surface area contributed by atoms with E-state index in [1.54, 1.807) is 26.2 Å². The second-order valence-corrected chi connectivity index (χ2v) is 4.81. The number of hydrogen-bond donors (Lipinski definition) is 2. The lowest BCUT2D eigenvalue weighted by Gasteiger charge is -2.29. The maximum atomic E-state index is 12.2. The maximum Gasteiger partial charge on any atom is 0.313 e. The molecule has 0 spiro atoms. The molecule has 0 aliphatic carbocycles. The van der Waals surface area contributed by atoms with E-state index >= 15 is 0 Å². The van der Waals surface area contributed by atoms with Crippen molar-refractivity contribution in [3.8, 4) is 5.75 Å². The molecule has 0 bridgehead atoms. The van der Waals surface area contributed by atoms with Crippen LogP contribution in [0, 0.1) is 5.41 Å². The average molecular weight is 280 g/mol. The van der Waals surface area contributed by atoms with Gasteiger partial charge in [-0.1, -0.05) is 6.92 Å². The normalized spacial score (nSPS) is 13.6. The molecular weight excluding hydrogens is 256 g/mol. The molecule has 4 N–H and O–H groups in total. The van der Waals surface area contributed by atoms with Gasteiger partial charge in [-0.2, -0.15) is 0 Å². The predicted octanol–water partition coefficient (Wildman–Crippen LogP) is 1.74. The third-order valence-corrected chi connectivity index (χ3v) is 3.61. The number of anilines is 1. The lowest BCUT2D eigenvalue weighted by Crippen LogP contribution is -2.41. The Labute approximate surface area is 120 Å². The highest BCUT2D eigenvalue weighted by Gasteiger charge is 2.37. The minimum absolute atomic E-state index is 0.223. The molecule has 0 aliphatic rings. The van der Waals surface area contributed by atoms with Gasteiger partial charge >= 0.3 is 5.97 Å². The van der Waals surface area contributed by atoms with E-state index in [1.165, 1.54) is 0 Å². The Morgan fingerprint density at radius 2 is 2.05 bits per heavy atom. The highest BCUT2D eigenvalue weighted by atomic mass is 16.5. The molecule has 1 unspecified atom stereocenters. The van der Waals surface area contributed by atoms with Crippen LogP contribution in [0.2, 0.25) is 0 Å². The van der Waals surface area contributed by atoms with Crippen molar-refractivity contribution >= 4 is 11.7 Å². The van der Waals surface area contributed by atoms with Crippen LogP contribution in [0.4, 0.5) is 5.69 Å². The first-order valence-electron chi connectivity index (χ1n) is 6.82. The lowest BCUT2D eigenvalue weighted by atomic mass is 9.79. The fourth-order valence-corrected chi connectivity index (χ4v) is 2.23. The van der Waals surface area contributed by atoms with Crippen LogP contribution in [-0.4, -0.2) is 26.2 Å². The summed E-state index contributed by atoms with van der Waals surface area (Å²) in [6, 6.07) is 5.38. The van der Waals surface area contributed by atoms with Crippen LogP contribution in [0.1, 0.15) is 25.8 Å². The largest absolute Gasteiger partial charge is 0.496 e. The third-order valence-electron chi connectivity index (χ3n) is 3.61. The van der Waals surface area contributed by atoms with Gasteiger partial charge in [0.15, 0.2) is 0 Å². The van der Waals surface area contributed by atoms with Crippen LogP contribution in [0.25, 0.3) is 0 Å². The minimum Gasteiger partial charge on any atom is -0.496 e. The summed E-state index contributed by atoms with van der Waals surface area (Å²) in [6.45, 7) is 4.29. The zero-order valence-corrected chi connectivity index (χ0v) is 12.4. The molecule has 1 aromatic carbocycles. The Hall–Kier alpha value is -1.75. The SMILES string of the molecule is CCOC(=O)C(CC)(CN)Cc1cc(N)ccc1OC. The van der Waals surface area contributed by atoms with Crippen molar-refractivity contribution in [1.29, 1.82) is 0 Å². The van der Waals surface area contributed by atoms with Crippen molar-refractivity contribution in [2.45, 2.75) is 26.7 Å². The zero-order valence-electron chi connectivity index (χ0n) is 12.4. The molecule has 1 rings (SSSR count). The van der Waals surface area contributed by atoms with Gasteiger partial charge < -0.3 is 20.9 Å². The number of ether oxygens (including phenoxy) is 2. The fourth-order valence-electron chi connectivity index (χ4n) is 2.23. The van der Waals surface area contributed by atoms with Gasteiger partial charge in [-0.05, 0) is 43.5 Å². The minimum atomic E-state index is -0.739. The number of carbonyl (C=O) groups excluding carboxylic acids is 1. The van der Waals surface area contributed by atoms with Gasteiger partial charge in [0.1, 0.15) is 5.75 Å². The quantitative estimate of drug-likeness (QED) is 0.586. The zero-order chi connectivity index (χ0) is 15.2. The molecule has 112 valence electrons. The Balaban J connectivity index is 3.13. The highest BCUT2D eigenvalue weighted by molar-refractivity contribution is 5.78. The molecule has 0 radical (unpaired) electrons. The molecule has 0 saturated carbocycles. The summed E-state index contributed by atoms with van der Waals surface area (Å²) >= 11 is 0. The van der Waals surface area contributed by atoms with Crippen molar-refractivity contribution in [2.75, 3.05) is 26.0 Å². The summed E-state index contributed by atoms with van der Waals surface area (Å²) in [5.74, 6) is 0.434. The number of benzene rings is 1. The first-order valence-corrected chi connectivity index (χ1v) is 6.82. The summed E-state index contributed by atoms with van der Waals surface area (Å²) in [6.07, 6.45) is 1.05. The van der Waals surface area contributed by atoms with Crippen LogP contribution in [-0.2, 0) is 16.0 Å². The first-order chi connectivity index (χ1) is 9.52. The second kappa shape index (κ2) is 7.14. The molecule has 0 aromatic heterocycles. The maximum absolute atomic E-state index is 12.2.